The number of hydrogen-bond acceptors (Lipinski definition) is 4. The van der Waals surface area contributed by atoms with Crippen molar-refractivity contribution in [3.63, 3.8) is 0 Å². The Morgan fingerprint density at radius 1 is 1.00 bits per heavy atom. The molecule has 0 aliphatic heterocycles. The Labute approximate surface area is 120 Å². The molecule has 0 aliphatic rings. The number of aliphatic hydroxyl groups is 1. The highest BCUT2D eigenvalue weighted by atomic mass is 16.3. The quantitative estimate of drug-likeness (QED) is 0.839. The van der Waals surface area contributed by atoms with Gasteiger partial charge in [0, 0.05) is 31.5 Å². The number of aromatic nitrogens is 2. The molecule has 106 valence electrons. The van der Waals surface area contributed by atoms with Crippen LogP contribution in [-0.2, 0) is 13.1 Å². The van der Waals surface area contributed by atoms with Gasteiger partial charge in [0.1, 0.15) is 0 Å². The lowest BCUT2D eigenvalue weighted by Crippen LogP contribution is -2.37. The van der Waals surface area contributed by atoms with E-state index in [2.05, 4.69) is 21.8 Å². The average Bonchev–Trinajstić information content (AvgIpc) is 2.50. The first kappa shape index (κ1) is 14.6. The highest BCUT2D eigenvalue weighted by Crippen LogP contribution is 2.13. The van der Waals surface area contributed by atoms with Gasteiger partial charge in [-0.05, 0) is 30.7 Å². The van der Waals surface area contributed by atoms with Crippen LogP contribution in [0, 0.1) is 0 Å². The predicted octanol–water partition coefficient (Wildman–Crippen LogP) is 2.25. The zero-order valence-corrected chi connectivity index (χ0v) is 11.8. The molecule has 4 nitrogen and oxygen atoms in total. The normalized spacial score (nSPS) is 12.6. The fourth-order valence-corrected chi connectivity index (χ4v) is 2.22. The monoisotopic (exact) mass is 271 g/mol. The molecule has 0 saturated carbocycles. The van der Waals surface area contributed by atoms with Crippen molar-refractivity contribution in [2.24, 2.45) is 0 Å². The molecule has 0 saturated heterocycles. The van der Waals surface area contributed by atoms with Crippen LogP contribution in [0.3, 0.4) is 0 Å². The molecule has 0 amide bonds. The smallest absolute Gasteiger partial charge is 0.0587 e. The second-order valence-corrected chi connectivity index (χ2v) is 4.79. The zero-order valence-electron chi connectivity index (χ0n) is 11.8. The van der Waals surface area contributed by atoms with Gasteiger partial charge >= 0.3 is 0 Å². The topological polar surface area (TPSA) is 49.2 Å². The van der Waals surface area contributed by atoms with Gasteiger partial charge in [0.2, 0.25) is 0 Å². The molecule has 2 rings (SSSR count). The van der Waals surface area contributed by atoms with Crippen molar-refractivity contribution in [2.45, 2.75) is 32.5 Å². The molecule has 20 heavy (non-hydrogen) atoms. The molecule has 0 aliphatic carbocycles. The van der Waals surface area contributed by atoms with Crippen molar-refractivity contribution in [2.75, 3.05) is 6.61 Å². The van der Waals surface area contributed by atoms with Crippen LogP contribution in [0.15, 0.2) is 48.8 Å². The second kappa shape index (κ2) is 7.72. The van der Waals surface area contributed by atoms with Gasteiger partial charge in [-0.25, -0.2) is 0 Å². The second-order valence-electron chi connectivity index (χ2n) is 4.79. The third-order valence-electron chi connectivity index (χ3n) is 3.38. The van der Waals surface area contributed by atoms with Gasteiger partial charge in [-0.15, -0.1) is 0 Å². The van der Waals surface area contributed by atoms with E-state index >= 15 is 0 Å². The molecule has 2 heterocycles. The number of hydrogen-bond donors (Lipinski definition) is 1. The van der Waals surface area contributed by atoms with E-state index < -0.39 is 0 Å². The lowest BCUT2D eigenvalue weighted by atomic mass is 10.1. The molecule has 0 bridgehead atoms. The van der Waals surface area contributed by atoms with Crippen LogP contribution < -0.4 is 0 Å². The van der Waals surface area contributed by atoms with E-state index in [9.17, 15) is 5.11 Å². The van der Waals surface area contributed by atoms with Crippen molar-refractivity contribution >= 4 is 0 Å². The van der Waals surface area contributed by atoms with Crippen molar-refractivity contribution in [3.8, 4) is 0 Å². The van der Waals surface area contributed by atoms with E-state index in [1.807, 2.05) is 36.4 Å². The van der Waals surface area contributed by atoms with Crippen LogP contribution in [0.4, 0.5) is 0 Å². The molecule has 2 aromatic rings. The van der Waals surface area contributed by atoms with Crippen molar-refractivity contribution in [1.29, 1.82) is 0 Å². The van der Waals surface area contributed by atoms with Gasteiger partial charge in [-0.1, -0.05) is 19.1 Å². The van der Waals surface area contributed by atoms with Crippen LogP contribution in [0.25, 0.3) is 0 Å². The lowest BCUT2D eigenvalue weighted by molar-refractivity contribution is 0.104. The average molecular weight is 271 g/mol. The van der Waals surface area contributed by atoms with Gasteiger partial charge in [-0.3, -0.25) is 14.9 Å². The summed E-state index contributed by atoms with van der Waals surface area (Å²) in [6.45, 7) is 3.67. The first-order valence-corrected chi connectivity index (χ1v) is 6.98. The first-order valence-electron chi connectivity index (χ1n) is 6.98. The molecule has 0 fully saturated rings. The minimum atomic E-state index is 0.124. The Morgan fingerprint density at radius 3 is 1.90 bits per heavy atom. The Balaban J connectivity index is 2.12. The largest absolute Gasteiger partial charge is 0.395 e. The molecule has 2 aromatic heterocycles. The molecule has 0 aromatic carbocycles. The van der Waals surface area contributed by atoms with Gasteiger partial charge in [0.15, 0.2) is 0 Å². The third kappa shape index (κ3) is 4.11. The summed E-state index contributed by atoms with van der Waals surface area (Å²) in [5.74, 6) is 0. The summed E-state index contributed by atoms with van der Waals surface area (Å²) in [5.41, 5.74) is 2.02. The molecule has 0 unspecified atom stereocenters. The summed E-state index contributed by atoms with van der Waals surface area (Å²) >= 11 is 0. The van der Waals surface area contributed by atoms with Crippen LogP contribution in [0.5, 0.6) is 0 Å². The summed E-state index contributed by atoms with van der Waals surface area (Å²) in [6.07, 6.45) is 4.50. The van der Waals surface area contributed by atoms with Crippen LogP contribution in [-0.4, -0.2) is 32.6 Å². The molecule has 4 heteroatoms. The van der Waals surface area contributed by atoms with Crippen molar-refractivity contribution < 1.29 is 5.11 Å². The van der Waals surface area contributed by atoms with E-state index in [-0.39, 0.29) is 12.6 Å². The molecule has 1 atom stereocenters. The Bertz CT molecular complexity index is 444. The van der Waals surface area contributed by atoms with E-state index in [0.29, 0.717) is 0 Å². The predicted molar refractivity (Wildman–Crippen MR) is 78.9 cm³/mol. The van der Waals surface area contributed by atoms with Crippen LogP contribution >= 0.6 is 0 Å². The number of rotatable bonds is 7. The SMILES string of the molecule is CC[C@H](CO)N(Cc1ccccn1)Cc1ccccn1. The Hall–Kier alpha value is -1.78. The fraction of sp³-hybridized carbons (Fsp3) is 0.375. The maximum Gasteiger partial charge on any atom is 0.0587 e. The van der Waals surface area contributed by atoms with Gasteiger partial charge in [-0.2, -0.15) is 0 Å². The van der Waals surface area contributed by atoms with E-state index in [1.165, 1.54) is 0 Å². The molecule has 0 spiro atoms. The fourth-order valence-electron chi connectivity index (χ4n) is 2.22. The minimum Gasteiger partial charge on any atom is -0.395 e. The van der Waals surface area contributed by atoms with E-state index in [0.717, 1.165) is 30.9 Å². The summed E-state index contributed by atoms with van der Waals surface area (Å²) in [6, 6.07) is 11.9. The third-order valence-corrected chi connectivity index (χ3v) is 3.38. The highest BCUT2D eigenvalue weighted by molar-refractivity contribution is 5.06. The molecular formula is C16H21N3O. The molecular weight excluding hydrogens is 250 g/mol. The number of pyridine rings is 2. The standard InChI is InChI=1S/C16H21N3O/c1-2-16(13-20)19(11-14-7-3-5-9-17-14)12-15-8-4-6-10-18-15/h3-10,16,20H,2,11-13H2,1H3/t16-/m1/s1. The summed E-state index contributed by atoms with van der Waals surface area (Å²) in [5, 5.41) is 9.57. The highest BCUT2D eigenvalue weighted by Gasteiger charge is 2.17. The lowest BCUT2D eigenvalue weighted by Gasteiger charge is -2.29. The van der Waals surface area contributed by atoms with Crippen LogP contribution in [0.1, 0.15) is 24.7 Å². The maximum absolute atomic E-state index is 9.57. The van der Waals surface area contributed by atoms with E-state index in [1.54, 1.807) is 12.4 Å². The summed E-state index contributed by atoms with van der Waals surface area (Å²) in [4.78, 5) is 11.0. The van der Waals surface area contributed by atoms with Crippen LogP contribution in [0.2, 0.25) is 0 Å². The van der Waals surface area contributed by atoms with Crippen molar-refractivity contribution in [3.05, 3.63) is 60.2 Å². The summed E-state index contributed by atoms with van der Waals surface area (Å²) < 4.78 is 0. The van der Waals surface area contributed by atoms with Gasteiger partial charge in [0.05, 0.1) is 18.0 Å². The van der Waals surface area contributed by atoms with Gasteiger partial charge < -0.3 is 5.11 Å². The summed E-state index contributed by atoms with van der Waals surface area (Å²) in [7, 11) is 0. The Morgan fingerprint density at radius 2 is 1.55 bits per heavy atom. The number of aliphatic hydroxyl groups excluding tert-OH is 1. The minimum absolute atomic E-state index is 0.124. The molecule has 1 N–H and O–H groups in total. The van der Waals surface area contributed by atoms with Gasteiger partial charge in [0.25, 0.3) is 0 Å². The maximum atomic E-state index is 9.57. The zero-order chi connectivity index (χ0) is 14.2. The molecule has 0 radical (unpaired) electrons. The van der Waals surface area contributed by atoms with E-state index in [4.69, 9.17) is 0 Å². The number of nitrogens with zero attached hydrogens (tertiary/aromatic N) is 3. The Kier molecular flexibility index (Phi) is 5.65. The first-order chi connectivity index (χ1) is 9.83. The van der Waals surface area contributed by atoms with Crippen molar-refractivity contribution in [1.82, 2.24) is 14.9 Å².